The number of ether oxygens (including phenoxy) is 2. The average Bonchev–Trinajstić information content (AvgIpc) is 2.88. The Labute approximate surface area is 117 Å². The topological polar surface area (TPSA) is 63.6 Å². The summed E-state index contributed by atoms with van der Waals surface area (Å²) in [6, 6.07) is 5.89. The predicted octanol–water partition coefficient (Wildman–Crippen LogP) is 2.54. The molecule has 2 aromatic rings. The standard InChI is InChI=1S/C15H18N2O3/c1-10(18)3-2-5-16-15-12-8-14-13(19-9-20-14)7-11(12)4-6-17-15/h4,6-8,10,18H,2-3,5,9H2,1H3,(H,16,17). The molecule has 2 N–H and O–H groups in total. The molecule has 0 spiro atoms. The lowest BCUT2D eigenvalue weighted by Gasteiger charge is -2.10. The van der Waals surface area contributed by atoms with Gasteiger partial charge in [0.2, 0.25) is 6.79 Å². The SMILES string of the molecule is CC(O)CCCNc1nccc2cc3c(cc12)OCO3. The first-order chi connectivity index (χ1) is 9.74. The quantitative estimate of drug-likeness (QED) is 0.820. The molecule has 5 heteroatoms. The van der Waals surface area contributed by atoms with E-state index in [-0.39, 0.29) is 12.9 Å². The number of aliphatic hydroxyl groups is 1. The number of benzene rings is 1. The van der Waals surface area contributed by atoms with Crippen molar-refractivity contribution in [3.63, 3.8) is 0 Å². The number of nitrogens with zero attached hydrogens (tertiary/aromatic N) is 1. The fourth-order valence-corrected chi connectivity index (χ4v) is 2.31. The Kier molecular flexibility index (Phi) is 3.60. The smallest absolute Gasteiger partial charge is 0.231 e. The second kappa shape index (κ2) is 5.54. The molecule has 20 heavy (non-hydrogen) atoms. The van der Waals surface area contributed by atoms with Gasteiger partial charge in [0, 0.05) is 18.1 Å². The van der Waals surface area contributed by atoms with Gasteiger partial charge in [-0.2, -0.15) is 0 Å². The van der Waals surface area contributed by atoms with E-state index >= 15 is 0 Å². The maximum absolute atomic E-state index is 9.25. The van der Waals surface area contributed by atoms with Gasteiger partial charge in [0.25, 0.3) is 0 Å². The highest BCUT2D eigenvalue weighted by Gasteiger charge is 2.15. The molecule has 0 aliphatic carbocycles. The van der Waals surface area contributed by atoms with E-state index in [0.29, 0.717) is 0 Å². The summed E-state index contributed by atoms with van der Waals surface area (Å²) in [4.78, 5) is 4.38. The van der Waals surface area contributed by atoms with Crippen molar-refractivity contribution >= 4 is 16.6 Å². The van der Waals surface area contributed by atoms with Gasteiger partial charge >= 0.3 is 0 Å². The summed E-state index contributed by atoms with van der Waals surface area (Å²) >= 11 is 0. The van der Waals surface area contributed by atoms with E-state index in [1.807, 2.05) is 18.2 Å². The van der Waals surface area contributed by atoms with Crippen LogP contribution in [0.5, 0.6) is 11.5 Å². The molecule has 0 radical (unpaired) electrons. The second-order valence-corrected chi connectivity index (χ2v) is 5.00. The number of hydrogen-bond acceptors (Lipinski definition) is 5. The summed E-state index contributed by atoms with van der Waals surface area (Å²) in [7, 11) is 0. The van der Waals surface area contributed by atoms with Gasteiger partial charge in [-0.3, -0.25) is 0 Å². The van der Waals surface area contributed by atoms with Crippen molar-refractivity contribution in [2.45, 2.75) is 25.9 Å². The lowest BCUT2D eigenvalue weighted by molar-refractivity contribution is 0.174. The fourth-order valence-electron chi connectivity index (χ4n) is 2.31. The van der Waals surface area contributed by atoms with Crippen LogP contribution in [0.1, 0.15) is 19.8 Å². The molecule has 1 aromatic carbocycles. The Morgan fingerprint density at radius 1 is 1.35 bits per heavy atom. The van der Waals surface area contributed by atoms with Crippen LogP contribution in [0, 0.1) is 0 Å². The van der Waals surface area contributed by atoms with E-state index in [4.69, 9.17) is 9.47 Å². The van der Waals surface area contributed by atoms with Crippen molar-refractivity contribution in [2.75, 3.05) is 18.7 Å². The van der Waals surface area contributed by atoms with Crippen molar-refractivity contribution < 1.29 is 14.6 Å². The molecular formula is C15H18N2O3. The Morgan fingerprint density at radius 3 is 2.95 bits per heavy atom. The van der Waals surface area contributed by atoms with Crippen LogP contribution in [0.3, 0.4) is 0 Å². The molecule has 1 unspecified atom stereocenters. The van der Waals surface area contributed by atoms with Gasteiger partial charge in [0.15, 0.2) is 11.5 Å². The molecule has 5 nitrogen and oxygen atoms in total. The first-order valence-electron chi connectivity index (χ1n) is 6.84. The summed E-state index contributed by atoms with van der Waals surface area (Å²) < 4.78 is 10.8. The zero-order valence-corrected chi connectivity index (χ0v) is 11.4. The van der Waals surface area contributed by atoms with Crippen LogP contribution >= 0.6 is 0 Å². The van der Waals surface area contributed by atoms with Gasteiger partial charge < -0.3 is 19.9 Å². The Bertz CT molecular complexity index is 613. The van der Waals surface area contributed by atoms with Crippen LogP contribution in [-0.2, 0) is 0 Å². The molecule has 1 aliphatic heterocycles. The third-order valence-corrected chi connectivity index (χ3v) is 3.35. The molecule has 2 heterocycles. The summed E-state index contributed by atoms with van der Waals surface area (Å²) in [5, 5.41) is 14.7. The van der Waals surface area contributed by atoms with E-state index in [1.165, 1.54) is 0 Å². The molecule has 3 rings (SSSR count). The third kappa shape index (κ3) is 2.63. The zero-order chi connectivity index (χ0) is 13.9. The maximum Gasteiger partial charge on any atom is 0.231 e. The highest BCUT2D eigenvalue weighted by molar-refractivity contribution is 5.94. The van der Waals surface area contributed by atoms with Crippen LogP contribution < -0.4 is 14.8 Å². The van der Waals surface area contributed by atoms with Crippen molar-refractivity contribution in [2.24, 2.45) is 0 Å². The predicted molar refractivity (Wildman–Crippen MR) is 77.3 cm³/mol. The lowest BCUT2D eigenvalue weighted by atomic mass is 10.1. The fraction of sp³-hybridized carbons (Fsp3) is 0.400. The number of rotatable bonds is 5. The van der Waals surface area contributed by atoms with Crippen molar-refractivity contribution in [3.05, 3.63) is 24.4 Å². The minimum Gasteiger partial charge on any atom is -0.454 e. The van der Waals surface area contributed by atoms with E-state index in [0.717, 1.165) is 47.5 Å². The molecule has 0 bridgehead atoms. The Morgan fingerprint density at radius 2 is 2.15 bits per heavy atom. The van der Waals surface area contributed by atoms with Crippen molar-refractivity contribution in [1.82, 2.24) is 4.98 Å². The van der Waals surface area contributed by atoms with E-state index in [1.54, 1.807) is 13.1 Å². The van der Waals surface area contributed by atoms with E-state index in [2.05, 4.69) is 10.3 Å². The largest absolute Gasteiger partial charge is 0.454 e. The second-order valence-electron chi connectivity index (χ2n) is 5.00. The highest BCUT2D eigenvalue weighted by atomic mass is 16.7. The van der Waals surface area contributed by atoms with E-state index in [9.17, 15) is 5.11 Å². The minimum absolute atomic E-state index is 0.258. The molecule has 1 aromatic heterocycles. The molecule has 106 valence electrons. The summed E-state index contributed by atoms with van der Waals surface area (Å²) in [6.07, 6.45) is 3.21. The summed E-state index contributed by atoms with van der Waals surface area (Å²) in [6.45, 7) is 2.86. The molecule has 1 aliphatic rings. The number of nitrogens with one attached hydrogen (secondary N) is 1. The van der Waals surface area contributed by atoms with Crippen LogP contribution in [0.15, 0.2) is 24.4 Å². The van der Waals surface area contributed by atoms with Gasteiger partial charge in [-0.05, 0) is 43.4 Å². The first-order valence-corrected chi connectivity index (χ1v) is 6.84. The molecule has 0 saturated carbocycles. The zero-order valence-electron chi connectivity index (χ0n) is 11.4. The maximum atomic E-state index is 9.25. The van der Waals surface area contributed by atoms with Crippen LogP contribution in [0.4, 0.5) is 5.82 Å². The summed E-state index contributed by atoms with van der Waals surface area (Å²) in [5.74, 6) is 2.38. The number of pyridine rings is 1. The van der Waals surface area contributed by atoms with E-state index < -0.39 is 0 Å². The molecule has 0 saturated heterocycles. The number of aliphatic hydroxyl groups excluding tert-OH is 1. The summed E-state index contributed by atoms with van der Waals surface area (Å²) in [5.41, 5.74) is 0. The number of fused-ring (bicyclic) bond motifs is 2. The number of aromatic nitrogens is 1. The van der Waals surface area contributed by atoms with Gasteiger partial charge in [-0.15, -0.1) is 0 Å². The third-order valence-electron chi connectivity index (χ3n) is 3.35. The molecular weight excluding hydrogens is 256 g/mol. The normalized spacial score (nSPS) is 14.5. The molecule has 1 atom stereocenters. The molecule has 0 fully saturated rings. The van der Waals surface area contributed by atoms with Gasteiger partial charge in [0.05, 0.1) is 6.10 Å². The average molecular weight is 274 g/mol. The van der Waals surface area contributed by atoms with Crippen LogP contribution in [0.25, 0.3) is 10.8 Å². The molecule has 0 amide bonds. The number of anilines is 1. The minimum atomic E-state index is -0.258. The highest BCUT2D eigenvalue weighted by Crippen LogP contribution is 2.37. The van der Waals surface area contributed by atoms with Crippen LogP contribution in [-0.4, -0.2) is 29.5 Å². The lowest BCUT2D eigenvalue weighted by Crippen LogP contribution is -2.07. The van der Waals surface area contributed by atoms with Gasteiger partial charge in [0.1, 0.15) is 5.82 Å². The van der Waals surface area contributed by atoms with Crippen LogP contribution in [0.2, 0.25) is 0 Å². The van der Waals surface area contributed by atoms with Gasteiger partial charge in [-0.25, -0.2) is 4.98 Å². The monoisotopic (exact) mass is 274 g/mol. The van der Waals surface area contributed by atoms with Crippen molar-refractivity contribution in [3.8, 4) is 11.5 Å². The van der Waals surface area contributed by atoms with Crippen molar-refractivity contribution in [1.29, 1.82) is 0 Å². The Balaban J connectivity index is 1.80. The Hall–Kier alpha value is -2.01. The van der Waals surface area contributed by atoms with Gasteiger partial charge in [-0.1, -0.05) is 0 Å². The number of hydrogen-bond donors (Lipinski definition) is 2. The first kappa shape index (κ1) is 13.0.